The van der Waals surface area contributed by atoms with Gasteiger partial charge in [-0.3, -0.25) is 9.48 Å². The van der Waals surface area contributed by atoms with Gasteiger partial charge in [-0.25, -0.2) is 4.39 Å². The third-order valence-electron chi connectivity index (χ3n) is 6.45. The van der Waals surface area contributed by atoms with Crippen LogP contribution < -0.4 is 22.1 Å². The fourth-order valence-electron chi connectivity index (χ4n) is 4.38. The molecule has 1 amide bonds. The van der Waals surface area contributed by atoms with Crippen molar-refractivity contribution in [2.45, 2.75) is 43.4 Å². The Labute approximate surface area is 199 Å². The van der Waals surface area contributed by atoms with Crippen molar-refractivity contribution in [1.82, 2.24) is 9.78 Å². The van der Waals surface area contributed by atoms with Gasteiger partial charge < -0.3 is 22.1 Å². The van der Waals surface area contributed by atoms with E-state index in [0.717, 1.165) is 12.1 Å². The smallest absolute Gasteiger partial charge is 0.382 e. The summed E-state index contributed by atoms with van der Waals surface area (Å²) in [6.07, 6.45) is -0.128. The van der Waals surface area contributed by atoms with Crippen LogP contribution in [0.25, 0.3) is 0 Å². The van der Waals surface area contributed by atoms with Gasteiger partial charge in [-0.2, -0.15) is 18.3 Å². The Kier molecular flexibility index (Phi) is 6.70. The summed E-state index contributed by atoms with van der Waals surface area (Å²) >= 11 is 0. The molecular formula is C24H26F4N6O. The fraction of sp³-hybridized carbons (Fsp3) is 0.333. The standard InChI is InChI=1S/C24H26F4N6O/c25-16-3-7-18(8-4-16)32-22-20(21(30)35)13-34(33-22)23(14-29)11-9-19(10-12-23)31-17-5-1-15(2-6-17)24(26,27)28/h1-8,13,19,31H,9-12,14,29H2,(H2,30,35)(H,32,33). The summed E-state index contributed by atoms with van der Waals surface area (Å²) in [5.41, 5.74) is 11.8. The number of halogens is 4. The lowest BCUT2D eigenvalue weighted by Crippen LogP contribution is -2.46. The van der Waals surface area contributed by atoms with Crippen LogP contribution in [0, 0.1) is 5.82 Å². The van der Waals surface area contributed by atoms with E-state index in [1.807, 2.05) is 0 Å². The van der Waals surface area contributed by atoms with Gasteiger partial charge >= 0.3 is 6.18 Å². The lowest BCUT2D eigenvalue weighted by molar-refractivity contribution is -0.137. The Hall–Kier alpha value is -3.60. The molecule has 0 atom stereocenters. The van der Waals surface area contributed by atoms with Crippen LogP contribution in [0.2, 0.25) is 0 Å². The van der Waals surface area contributed by atoms with Crippen LogP contribution in [0.4, 0.5) is 34.8 Å². The predicted molar refractivity (Wildman–Crippen MR) is 125 cm³/mol. The molecule has 1 aromatic heterocycles. The van der Waals surface area contributed by atoms with Crippen molar-refractivity contribution in [3.63, 3.8) is 0 Å². The Bertz CT molecular complexity index is 1170. The largest absolute Gasteiger partial charge is 0.416 e. The molecule has 1 aliphatic carbocycles. The number of carbonyl (C=O) groups is 1. The second-order valence-corrected chi connectivity index (χ2v) is 8.75. The highest BCUT2D eigenvalue weighted by atomic mass is 19.4. The molecule has 2 aromatic carbocycles. The topological polar surface area (TPSA) is 111 Å². The SMILES string of the molecule is NCC1(n2cc(C(N)=O)c(Nc3ccc(F)cc3)n2)CCC(Nc2ccc(C(F)(F)F)cc2)CC1. The maximum atomic E-state index is 13.2. The van der Waals surface area contributed by atoms with E-state index < -0.39 is 23.2 Å². The summed E-state index contributed by atoms with van der Waals surface area (Å²) in [4.78, 5) is 12.1. The van der Waals surface area contributed by atoms with Crippen LogP contribution in [0.15, 0.2) is 54.7 Å². The van der Waals surface area contributed by atoms with E-state index in [4.69, 9.17) is 11.5 Å². The van der Waals surface area contributed by atoms with Gasteiger partial charge in [0.1, 0.15) is 11.4 Å². The first-order valence-corrected chi connectivity index (χ1v) is 11.2. The number of carbonyl (C=O) groups excluding carboxylic acids is 1. The zero-order valence-electron chi connectivity index (χ0n) is 18.8. The van der Waals surface area contributed by atoms with Gasteiger partial charge in [-0.05, 0) is 74.2 Å². The highest BCUT2D eigenvalue weighted by Gasteiger charge is 2.38. The van der Waals surface area contributed by atoms with E-state index in [1.54, 1.807) is 10.9 Å². The minimum absolute atomic E-state index is 0.0504. The average molecular weight is 491 g/mol. The number of primary amides is 1. The van der Waals surface area contributed by atoms with Crippen LogP contribution in [0.5, 0.6) is 0 Å². The second-order valence-electron chi connectivity index (χ2n) is 8.75. The van der Waals surface area contributed by atoms with Crippen LogP contribution in [-0.2, 0) is 11.7 Å². The molecule has 3 aromatic rings. The highest BCUT2D eigenvalue weighted by Crippen LogP contribution is 2.37. The predicted octanol–water partition coefficient (Wildman–Crippen LogP) is 4.59. The highest BCUT2D eigenvalue weighted by molar-refractivity contribution is 5.98. The van der Waals surface area contributed by atoms with E-state index in [0.29, 0.717) is 37.1 Å². The number of alkyl halides is 3. The molecule has 4 rings (SSSR count). The first-order chi connectivity index (χ1) is 16.6. The van der Waals surface area contributed by atoms with Gasteiger partial charge in [0.15, 0.2) is 5.82 Å². The van der Waals surface area contributed by atoms with Gasteiger partial charge in [0.2, 0.25) is 0 Å². The minimum atomic E-state index is -4.37. The third kappa shape index (κ3) is 5.40. The number of nitrogens with zero attached hydrogens (tertiary/aromatic N) is 2. The quantitative estimate of drug-likeness (QED) is 0.362. The normalized spacial score (nSPS) is 20.4. The van der Waals surface area contributed by atoms with Gasteiger partial charge in [0, 0.05) is 30.2 Å². The summed E-state index contributed by atoms with van der Waals surface area (Å²) in [7, 11) is 0. The zero-order chi connectivity index (χ0) is 25.2. The van der Waals surface area contributed by atoms with Crippen molar-refractivity contribution in [3.8, 4) is 0 Å². The zero-order valence-corrected chi connectivity index (χ0v) is 18.8. The monoisotopic (exact) mass is 490 g/mol. The molecule has 1 aliphatic rings. The maximum absolute atomic E-state index is 13.2. The number of amides is 1. The van der Waals surface area contributed by atoms with Gasteiger partial charge in [0.25, 0.3) is 5.91 Å². The van der Waals surface area contributed by atoms with Crippen molar-refractivity contribution in [3.05, 3.63) is 71.7 Å². The molecule has 0 spiro atoms. The molecule has 7 nitrogen and oxygen atoms in total. The second kappa shape index (κ2) is 9.57. The van der Waals surface area contributed by atoms with Crippen molar-refractivity contribution in [2.75, 3.05) is 17.2 Å². The maximum Gasteiger partial charge on any atom is 0.416 e. The summed E-state index contributed by atoms with van der Waals surface area (Å²) in [6, 6.07) is 10.6. The number of hydrogen-bond acceptors (Lipinski definition) is 5. The summed E-state index contributed by atoms with van der Waals surface area (Å²) in [5, 5.41) is 10.9. The van der Waals surface area contributed by atoms with Crippen LogP contribution in [0.1, 0.15) is 41.6 Å². The van der Waals surface area contributed by atoms with Crippen molar-refractivity contribution in [1.29, 1.82) is 0 Å². The molecule has 35 heavy (non-hydrogen) atoms. The number of benzene rings is 2. The Morgan fingerprint density at radius 1 is 1.06 bits per heavy atom. The molecular weight excluding hydrogens is 464 g/mol. The molecule has 0 radical (unpaired) electrons. The Morgan fingerprint density at radius 3 is 2.20 bits per heavy atom. The summed E-state index contributed by atoms with van der Waals surface area (Å²) < 4.78 is 53.3. The third-order valence-corrected chi connectivity index (χ3v) is 6.45. The van der Waals surface area contributed by atoms with E-state index in [2.05, 4.69) is 15.7 Å². The minimum Gasteiger partial charge on any atom is -0.382 e. The number of nitrogens with one attached hydrogen (secondary N) is 2. The van der Waals surface area contributed by atoms with Crippen molar-refractivity contribution < 1.29 is 22.4 Å². The van der Waals surface area contributed by atoms with E-state index in [1.165, 1.54) is 36.4 Å². The number of rotatable bonds is 7. The van der Waals surface area contributed by atoms with Crippen molar-refractivity contribution in [2.24, 2.45) is 11.5 Å². The van der Waals surface area contributed by atoms with Crippen LogP contribution in [0.3, 0.4) is 0 Å². The first-order valence-electron chi connectivity index (χ1n) is 11.2. The molecule has 1 fully saturated rings. The average Bonchev–Trinajstić information content (AvgIpc) is 3.26. The molecule has 1 saturated carbocycles. The molecule has 0 bridgehead atoms. The molecule has 0 unspecified atom stereocenters. The summed E-state index contributed by atoms with van der Waals surface area (Å²) in [5.74, 6) is -0.799. The summed E-state index contributed by atoms with van der Waals surface area (Å²) in [6.45, 7) is 0.274. The number of aromatic nitrogens is 2. The molecule has 186 valence electrons. The number of hydrogen-bond donors (Lipinski definition) is 4. The Balaban J connectivity index is 1.47. The van der Waals surface area contributed by atoms with Crippen LogP contribution in [-0.4, -0.2) is 28.3 Å². The molecule has 1 heterocycles. The fourth-order valence-corrected chi connectivity index (χ4v) is 4.38. The molecule has 0 saturated heterocycles. The van der Waals surface area contributed by atoms with Gasteiger partial charge in [-0.1, -0.05) is 0 Å². The lowest BCUT2D eigenvalue weighted by Gasteiger charge is -2.40. The Morgan fingerprint density at radius 2 is 1.66 bits per heavy atom. The van der Waals surface area contributed by atoms with E-state index in [9.17, 15) is 22.4 Å². The molecule has 0 aliphatic heterocycles. The molecule has 6 N–H and O–H groups in total. The molecule has 11 heteroatoms. The van der Waals surface area contributed by atoms with E-state index >= 15 is 0 Å². The van der Waals surface area contributed by atoms with E-state index in [-0.39, 0.29) is 29.8 Å². The van der Waals surface area contributed by atoms with Gasteiger partial charge in [0.05, 0.1) is 11.1 Å². The van der Waals surface area contributed by atoms with Gasteiger partial charge in [-0.15, -0.1) is 0 Å². The number of anilines is 3. The number of nitrogens with two attached hydrogens (primary N) is 2. The van der Waals surface area contributed by atoms with Crippen LogP contribution >= 0.6 is 0 Å². The lowest BCUT2D eigenvalue weighted by atomic mass is 9.79. The van der Waals surface area contributed by atoms with Crippen molar-refractivity contribution >= 4 is 23.1 Å². The first kappa shape index (κ1) is 24.5.